The topological polar surface area (TPSA) is 66.0 Å². The molecule has 1 heterocycles. The summed E-state index contributed by atoms with van der Waals surface area (Å²) in [7, 11) is 1.57. The van der Waals surface area contributed by atoms with Gasteiger partial charge in [0.1, 0.15) is 25.6 Å². The highest BCUT2D eigenvalue weighted by Crippen LogP contribution is 2.40. The second kappa shape index (κ2) is 9.32. The maximum absolute atomic E-state index is 12.0. The molecule has 1 aliphatic heterocycles. The van der Waals surface area contributed by atoms with Gasteiger partial charge in [-0.05, 0) is 42.0 Å². The molecule has 1 N–H and O–H groups in total. The molecule has 0 unspecified atom stereocenters. The van der Waals surface area contributed by atoms with E-state index in [1.54, 1.807) is 19.3 Å². The monoisotopic (exact) mass is 433 g/mol. The molecular weight excluding hydrogens is 414 g/mol. The first kappa shape index (κ1) is 19.1. The Hall–Kier alpha value is -2.67. The molecule has 27 heavy (non-hydrogen) atoms. The number of ether oxygens (including phenoxy) is 4. The molecule has 0 aromatic heterocycles. The number of carbonyl (C=O) groups is 1. The van der Waals surface area contributed by atoms with Gasteiger partial charge >= 0.3 is 0 Å². The van der Waals surface area contributed by atoms with Crippen LogP contribution in [-0.2, 0) is 4.79 Å². The summed E-state index contributed by atoms with van der Waals surface area (Å²) in [6.07, 6.45) is 3.16. The Morgan fingerprint density at radius 1 is 1.26 bits per heavy atom. The lowest BCUT2D eigenvalue weighted by Crippen LogP contribution is -2.26. The molecule has 0 radical (unpaired) electrons. The van der Waals surface area contributed by atoms with Crippen molar-refractivity contribution in [3.63, 3.8) is 0 Å². The molecule has 0 atom stereocenters. The van der Waals surface area contributed by atoms with Crippen LogP contribution in [0.2, 0.25) is 0 Å². The molecule has 0 spiro atoms. The number of carbonyl (C=O) groups excluding carboxylic acids is 1. The van der Waals surface area contributed by atoms with Crippen LogP contribution in [0.4, 0.5) is 0 Å². The first-order chi connectivity index (χ1) is 13.2. The molecule has 7 heteroatoms. The lowest BCUT2D eigenvalue weighted by atomic mass is 10.1. The number of rotatable bonds is 7. The van der Waals surface area contributed by atoms with Gasteiger partial charge < -0.3 is 24.3 Å². The van der Waals surface area contributed by atoms with Crippen molar-refractivity contribution in [2.75, 3.05) is 33.5 Å². The Bertz CT molecular complexity index is 820. The maximum Gasteiger partial charge on any atom is 0.244 e. The van der Waals surface area contributed by atoms with Crippen LogP contribution in [0.1, 0.15) is 5.56 Å². The van der Waals surface area contributed by atoms with Crippen LogP contribution in [0.5, 0.6) is 23.0 Å². The predicted molar refractivity (Wildman–Crippen MR) is 106 cm³/mol. The zero-order valence-electron chi connectivity index (χ0n) is 14.9. The van der Waals surface area contributed by atoms with E-state index >= 15 is 0 Å². The summed E-state index contributed by atoms with van der Waals surface area (Å²) in [5.74, 6) is 2.33. The molecule has 0 saturated heterocycles. The third kappa shape index (κ3) is 5.40. The van der Waals surface area contributed by atoms with Gasteiger partial charge in [0, 0.05) is 10.5 Å². The standard InChI is InChI=1S/C20H20BrNO5/c1-24-17-11-14(12-18-20(17)27-10-9-26-18)5-6-19(23)22-7-8-25-16-4-2-3-15(21)13-16/h2-6,11-13H,7-10H2,1H3,(H,22,23)/b6-5+. The van der Waals surface area contributed by atoms with Crippen molar-refractivity contribution in [3.05, 3.63) is 52.5 Å². The van der Waals surface area contributed by atoms with Gasteiger partial charge in [0.15, 0.2) is 11.5 Å². The van der Waals surface area contributed by atoms with Crippen molar-refractivity contribution >= 4 is 27.9 Å². The van der Waals surface area contributed by atoms with Gasteiger partial charge in [-0.25, -0.2) is 0 Å². The fraction of sp³-hybridized carbons (Fsp3) is 0.250. The Kier molecular flexibility index (Phi) is 6.59. The van der Waals surface area contributed by atoms with Crippen molar-refractivity contribution in [2.24, 2.45) is 0 Å². The van der Waals surface area contributed by atoms with Gasteiger partial charge in [-0.2, -0.15) is 0 Å². The van der Waals surface area contributed by atoms with Gasteiger partial charge in [-0.1, -0.05) is 22.0 Å². The highest BCUT2D eigenvalue weighted by Gasteiger charge is 2.17. The summed E-state index contributed by atoms with van der Waals surface area (Å²) in [5, 5.41) is 2.78. The maximum atomic E-state index is 12.0. The van der Waals surface area contributed by atoms with E-state index in [9.17, 15) is 4.79 Å². The van der Waals surface area contributed by atoms with Crippen LogP contribution in [0.25, 0.3) is 6.08 Å². The van der Waals surface area contributed by atoms with Crippen LogP contribution in [-0.4, -0.2) is 39.4 Å². The summed E-state index contributed by atoms with van der Waals surface area (Å²) >= 11 is 3.39. The molecule has 2 aromatic rings. The number of fused-ring (bicyclic) bond motifs is 1. The number of hydrogen-bond acceptors (Lipinski definition) is 5. The summed E-state index contributed by atoms with van der Waals surface area (Å²) < 4.78 is 23.0. The highest BCUT2D eigenvalue weighted by atomic mass is 79.9. The molecule has 142 valence electrons. The van der Waals surface area contributed by atoms with Crippen molar-refractivity contribution in [1.82, 2.24) is 5.32 Å². The van der Waals surface area contributed by atoms with Gasteiger partial charge in [-0.3, -0.25) is 4.79 Å². The van der Waals surface area contributed by atoms with Gasteiger partial charge in [0.05, 0.1) is 13.7 Å². The number of nitrogens with one attached hydrogen (secondary N) is 1. The zero-order chi connectivity index (χ0) is 19.1. The minimum absolute atomic E-state index is 0.207. The van der Waals surface area contributed by atoms with E-state index in [-0.39, 0.29) is 5.91 Å². The largest absolute Gasteiger partial charge is 0.493 e. The van der Waals surface area contributed by atoms with Crippen molar-refractivity contribution in [2.45, 2.75) is 0 Å². The molecule has 0 saturated carbocycles. The molecule has 0 aliphatic carbocycles. The first-order valence-corrected chi connectivity index (χ1v) is 9.27. The number of benzene rings is 2. The zero-order valence-corrected chi connectivity index (χ0v) is 16.5. The second-order valence-corrected chi connectivity index (χ2v) is 6.59. The SMILES string of the molecule is COc1cc(/C=C/C(=O)NCCOc2cccc(Br)c2)cc2c1OCCO2. The minimum atomic E-state index is -0.207. The summed E-state index contributed by atoms with van der Waals surface area (Å²) in [4.78, 5) is 12.0. The number of hydrogen-bond donors (Lipinski definition) is 1. The number of halogens is 1. The number of methoxy groups -OCH3 is 1. The molecule has 1 amide bonds. The van der Waals surface area contributed by atoms with E-state index in [1.165, 1.54) is 6.08 Å². The van der Waals surface area contributed by atoms with Crippen LogP contribution in [0.15, 0.2) is 46.9 Å². The molecule has 1 aliphatic rings. The van der Waals surface area contributed by atoms with Crippen LogP contribution in [0.3, 0.4) is 0 Å². The minimum Gasteiger partial charge on any atom is -0.493 e. The van der Waals surface area contributed by atoms with Crippen LogP contribution in [0, 0.1) is 0 Å². The van der Waals surface area contributed by atoms with E-state index in [0.717, 1.165) is 15.8 Å². The smallest absolute Gasteiger partial charge is 0.244 e. The van der Waals surface area contributed by atoms with E-state index < -0.39 is 0 Å². The number of amides is 1. The van der Waals surface area contributed by atoms with Crippen molar-refractivity contribution < 1.29 is 23.7 Å². The van der Waals surface area contributed by atoms with Gasteiger partial charge in [-0.15, -0.1) is 0 Å². The van der Waals surface area contributed by atoms with Crippen molar-refractivity contribution in [3.8, 4) is 23.0 Å². The molecule has 0 fully saturated rings. The Morgan fingerprint density at radius 3 is 2.93 bits per heavy atom. The molecule has 6 nitrogen and oxygen atoms in total. The fourth-order valence-corrected chi connectivity index (χ4v) is 2.90. The molecule has 2 aromatic carbocycles. The summed E-state index contributed by atoms with van der Waals surface area (Å²) in [6.45, 7) is 1.76. The summed E-state index contributed by atoms with van der Waals surface area (Å²) in [5.41, 5.74) is 0.789. The predicted octanol–water partition coefficient (Wildman–Crippen LogP) is 3.44. The van der Waals surface area contributed by atoms with E-state index in [4.69, 9.17) is 18.9 Å². The van der Waals surface area contributed by atoms with E-state index in [1.807, 2.05) is 30.3 Å². The molecule has 3 rings (SSSR count). The Labute approximate surface area is 166 Å². The third-order valence-corrected chi connectivity index (χ3v) is 4.24. The summed E-state index contributed by atoms with van der Waals surface area (Å²) in [6, 6.07) is 11.2. The fourth-order valence-electron chi connectivity index (χ4n) is 2.52. The van der Waals surface area contributed by atoms with Crippen LogP contribution >= 0.6 is 15.9 Å². The normalized spacial score (nSPS) is 12.7. The average molecular weight is 434 g/mol. The quantitative estimate of drug-likeness (QED) is 0.535. The van der Waals surface area contributed by atoms with Gasteiger partial charge in [0.2, 0.25) is 11.7 Å². The molecular formula is C20H20BrNO5. The Balaban J connectivity index is 1.51. The lowest BCUT2D eigenvalue weighted by molar-refractivity contribution is -0.116. The third-order valence-electron chi connectivity index (χ3n) is 3.74. The highest BCUT2D eigenvalue weighted by molar-refractivity contribution is 9.10. The lowest BCUT2D eigenvalue weighted by Gasteiger charge is -2.20. The average Bonchev–Trinajstić information content (AvgIpc) is 2.69. The second-order valence-electron chi connectivity index (χ2n) is 5.68. The van der Waals surface area contributed by atoms with E-state index in [2.05, 4.69) is 21.2 Å². The Morgan fingerprint density at radius 2 is 2.11 bits per heavy atom. The van der Waals surface area contributed by atoms with Gasteiger partial charge in [0.25, 0.3) is 0 Å². The van der Waals surface area contributed by atoms with E-state index in [0.29, 0.717) is 43.6 Å². The molecule has 0 bridgehead atoms. The first-order valence-electron chi connectivity index (χ1n) is 8.47. The van der Waals surface area contributed by atoms with Crippen molar-refractivity contribution in [1.29, 1.82) is 0 Å². The van der Waals surface area contributed by atoms with Crippen LogP contribution < -0.4 is 24.3 Å².